The first-order valence-electron chi connectivity index (χ1n) is 8.21. The number of carbonyl (C=O) groups excluding carboxylic acids is 4. The van der Waals surface area contributed by atoms with Gasteiger partial charge in [0.15, 0.2) is 11.9 Å². The molecule has 9 nitrogen and oxygen atoms in total. The fraction of sp³-hybridized carbons (Fsp3) is 0.222. The number of carbonyl (C=O) groups is 4. The minimum atomic E-state index is -1.10. The maximum atomic E-state index is 12.2. The highest BCUT2D eigenvalue weighted by molar-refractivity contribution is 6.02. The van der Waals surface area contributed by atoms with E-state index in [-0.39, 0.29) is 17.9 Å². The summed E-state index contributed by atoms with van der Waals surface area (Å²) >= 11 is 0. The van der Waals surface area contributed by atoms with E-state index in [1.165, 1.54) is 43.5 Å². The number of hydrogen-bond donors (Lipinski definition) is 2. The molecule has 1 aliphatic rings. The standard InChI is InChI=1S/C18H17N3O6/c1-11(16(23)21-9-8-19-18(21)25)27-17(24)12-4-6-13(7-5-12)20-15(22)14-3-2-10-26-14/h2-7,10-11H,8-9H2,1H3,(H,19,25)(H,20,22)/t11-/m0/s1. The third-order valence-corrected chi connectivity index (χ3v) is 3.88. The van der Waals surface area contributed by atoms with E-state index in [4.69, 9.17) is 9.15 Å². The molecule has 0 unspecified atom stereocenters. The molecule has 1 atom stereocenters. The van der Waals surface area contributed by atoms with Crippen LogP contribution in [0.4, 0.5) is 10.5 Å². The first kappa shape index (κ1) is 18.2. The van der Waals surface area contributed by atoms with Crippen molar-refractivity contribution in [2.45, 2.75) is 13.0 Å². The van der Waals surface area contributed by atoms with Crippen molar-refractivity contribution < 1.29 is 28.3 Å². The highest BCUT2D eigenvalue weighted by Crippen LogP contribution is 2.14. The average Bonchev–Trinajstić information content (AvgIpc) is 3.33. The number of benzene rings is 1. The van der Waals surface area contributed by atoms with Gasteiger partial charge in [-0.15, -0.1) is 0 Å². The molecule has 2 aromatic rings. The lowest BCUT2D eigenvalue weighted by molar-refractivity contribution is -0.136. The van der Waals surface area contributed by atoms with E-state index in [9.17, 15) is 19.2 Å². The zero-order valence-electron chi connectivity index (χ0n) is 14.4. The van der Waals surface area contributed by atoms with Crippen LogP contribution < -0.4 is 10.6 Å². The van der Waals surface area contributed by atoms with Gasteiger partial charge in [0.05, 0.1) is 11.8 Å². The molecule has 1 aromatic heterocycles. The molecule has 0 spiro atoms. The van der Waals surface area contributed by atoms with Gasteiger partial charge < -0.3 is 19.8 Å². The molecule has 1 saturated heterocycles. The van der Waals surface area contributed by atoms with Crippen LogP contribution in [0.25, 0.3) is 0 Å². The minimum Gasteiger partial charge on any atom is -0.459 e. The van der Waals surface area contributed by atoms with E-state index >= 15 is 0 Å². The third-order valence-electron chi connectivity index (χ3n) is 3.88. The van der Waals surface area contributed by atoms with Gasteiger partial charge in [0.1, 0.15) is 0 Å². The fourth-order valence-corrected chi connectivity index (χ4v) is 2.47. The van der Waals surface area contributed by atoms with Crippen molar-refractivity contribution in [3.63, 3.8) is 0 Å². The van der Waals surface area contributed by atoms with Crippen LogP contribution in [0, 0.1) is 0 Å². The lowest BCUT2D eigenvalue weighted by Gasteiger charge is -2.18. The largest absolute Gasteiger partial charge is 0.459 e. The summed E-state index contributed by atoms with van der Waals surface area (Å²) < 4.78 is 10.1. The molecule has 0 radical (unpaired) electrons. The molecule has 9 heteroatoms. The molecule has 2 N–H and O–H groups in total. The Morgan fingerprint density at radius 1 is 1.22 bits per heavy atom. The number of nitrogens with zero attached hydrogens (tertiary/aromatic N) is 1. The number of urea groups is 1. The maximum absolute atomic E-state index is 12.2. The Balaban J connectivity index is 1.57. The number of furan rings is 1. The highest BCUT2D eigenvalue weighted by Gasteiger charge is 2.31. The van der Waals surface area contributed by atoms with Crippen molar-refractivity contribution in [2.24, 2.45) is 0 Å². The predicted molar refractivity (Wildman–Crippen MR) is 93.1 cm³/mol. The number of ether oxygens (including phenoxy) is 1. The highest BCUT2D eigenvalue weighted by atomic mass is 16.5. The van der Waals surface area contributed by atoms with E-state index in [0.717, 1.165) is 4.90 Å². The number of amides is 4. The lowest BCUT2D eigenvalue weighted by Crippen LogP contribution is -2.41. The monoisotopic (exact) mass is 371 g/mol. The van der Waals surface area contributed by atoms with Crippen LogP contribution in [0.3, 0.4) is 0 Å². The zero-order valence-corrected chi connectivity index (χ0v) is 14.4. The molecule has 27 heavy (non-hydrogen) atoms. The van der Waals surface area contributed by atoms with E-state index < -0.39 is 29.9 Å². The van der Waals surface area contributed by atoms with Gasteiger partial charge in [-0.1, -0.05) is 0 Å². The van der Waals surface area contributed by atoms with Gasteiger partial charge in [0.2, 0.25) is 0 Å². The van der Waals surface area contributed by atoms with Gasteiger partial charge in [-0.25, -0.2) is 9.59 Å². The Labute approximate surface area is 154 Å². The van der Waals surface area contributed by atoms with Crippen LogP contribution in [0.15, 0.2) is 47.1 Å². The molecule has 1 fully saturated rings. The first-order chi connectivity index (χ1) is 13.0. The smallest absolute Gasteiger partial charge is 0.338 e. The molecule has 3 rings (SSSR count). The zero-order chi connectivity index (χ0) is 19.4. The van der Waals surface area contributed by atoms with Crippen LogP contribution in [-0.2, 0) is 9.53 Å². The van der Waals surface area contributed by atoms with Gasteiger partial charge in [-0.3, -0.25) is 14.5 Å². The van der Waals surface area contributed by atoms with Crippen molar-refractivity contribution in [2.75, 3.05) is 18.4 Å². The van der Waals surface area contributed by atoms with Gasteiger partial charge in [0, 0.05) is 18.8 Å². The maximum Gasteiger partial charge on any atom is 0.338 e. The lowest BCUT2D eigenvalue weighted by atomic mass is 10.2. The normalized spacial score (nSPS) is 14.4. The summed E-state index contributed by atoms with van der Waals surface area (Å²) in [6, 6.07) is 8.59. The topological polar surface area (TPSA) is 118 Å². The second-order valence-electron chi connectivity index (χ2n) is 5.78. The number of nitrogens with one attached hydrogen (secondary N) is 2. The summed E-state index contributed by atoms with van der Waals surface area (Å²) in [5.41, 5.74) is 0.669. The third kappa shape index (κ3) is 4.14. The molecule has 4 amide bonds. The quantitative estimate of drug-likeness (QED) is 0.771. The molecule has 140 valence electrons. The number of esters is 1. The van der Waals surface area contributed by atoms with Crippen LogP contribution in [0.5, 0.6) is 0 Å². The predicted octanol–water partition coefficient (Wildman–Crippen LogP) is 1.63. The Morgan fingerprint density at radius 2 is 1.96 bits per heavy atom. The van der Waals surface area contributed by atoms with Crippen molar-refractivity contribution in [3.8, 4) is 0 Å². The second-order valence-corrected chi connectivity index (χ2v) is 5.78. The van der Waals surface area contributed by atoms with E-state index in [0.29, 0.717) is 12.2 Å². The molecule has 0 saturated carbocycles. The van der Waals surface area contributed by atoms with Gasteiger partial charge >= 0.3 is 12.0 Å². The number of anilines is 1. The van der Waals surface area contributed by atoms with Crippen molar-refractivity contribution in [1.82, 2.24) is 10.2 Å². The number of imide groups is 1. The molecule has 1 aromatic carbocycles. The first-order valence-corrected chi connectivity index (χ1v) is 8.21. The van der Waals surface area contributed by atoms with Gasteiger partial charge in [-0.05, 0) is 43.3 Å². The van der Waals surface area contributed by atoms with Crippen molar-refractivity contribution in [1.29, 1.82) is 0 Å². The van der Waals surface area contributed by atoms with E-state index in [1.54, 1.807) is 6.07 Å². The number of rotatable bonds is 5. The van der Waals surface area contributed by atoms with Crippen LogP contribution in [0.1, 0.15) is 27.8 Å². The summed E-state index contributed by atoms with van der Waals surface area (Å²) in [6.07, 6.45) is 0.294. The summed E-state index contributed by atoms with van der Waals surface area (Å²) in [4.78, 5) is 48.7. The van der Waals surface area contributed by atoms with Crippen molar-refractivity contribution in [3.05, 3.63) is 54.0 Å². The second kappa shape index (κ2) is 7.73. The Morgan fingerprint density at radius 3 is 2.56 bits per heavy atom. The Hall–Kier alpha value is -3.62. The molecular weight excluding hydrogens is 354 g/mol. The molecule has 0 aliphatic carbocycles. The average molecular weight is 371 g/mol. The van der Waals surface area contributed by atoms with Gasteiger partial charge in [0.25, 0.3) is 11.8 Å². The summed E-state index contributed by atoms with van der Waals surface area (Å²) in [7, 11) is 0. The number of hydrogen-bond acceptors (Lipinski definition) is 6. The molecular formula is C18H17N3O6. The summed E-state index contributed by atoms with van der Waals surface area (Å²) in [6.45, 7) is 2.02. The van der Waals surface area contributed by atoms with Crippen LogP contribution in [-0.4, -0.2) is 47.9 Å². The fourth-order valence-electron chi connectivity index (χ4n) is 2.47. The molecule has 1 aliphatic heterocycles. The van der Waals surface area contributed by atoms with Crippen LogP contribution >= 0.6 is 0 Å². The van der Waals surface area contributed by atoms with Crippen LogP contribution in [0.2, 0.25) is 0 Å². The summed E-state index contributed by atoms with van der Waals surface area (Å²) in [5, 5.41) is 5.13. The van der Waals surface area contributed by atoms with E-state index in [1.807, 2.05) is 0 Å². The van der Waals surface area contributed by atoms with E-state index in [2.05, 4.69) is 10.6 Å². The minimum absolute atomic E-state index is 0.164. The molecule has 2 heterocycles. The SMILES string of the molecule is C[C@H](OC(=O)c1ccc(NC(=O)c2ccco2)cc1)C(=O)N1CCNC1=O. The summed E-state index contributed by atoms with van der Waals surface area (Å²) in [5.74, 6) is -1.55. The molecule has 0 bridgehead atoms. The van der Waals surface area contributed by atoms with Gasteiger partial charge in [-0.2, -0.15) is 0 Å². The van der Waals surface area contributed by atoms with Crippen molar-refractivity contribution >= 4 is 29.5 Å². The Bertz CT molecular complexity index is 860. The Kier molecular flexibility index (Phi) is 5.20.